The summed E-state index contributed by atoms with van der Waals surface area (Å²) in [7, 11) is 0. The van der Waals surface area contributed by atoms with Crippen LogP contribution in [0.3, 0.4) is 0 Å². The Morgan fingerprint density at radius 3 is 2.46 bits per heavy atom. The molecule has 1 saturated heterocycles. The van der Waals surface area contributed by atoms with Crippen molar-refractivity contribution in [3.8, 4) is 5.75 Å². The number of amides is 1. The molecule has 1 fully saturated rings. The molecule has 0 saturated carbocycles. The van der Waals surface area contributed by atoms with Gasteiger partial charge >= 0.3 is 0 Å². The highest BCUT2D eigenvalue weighted by Gasteiger charge is 2.19. The van der Waals surface area contributed by atoms with E-state index >= 15 is 0 Å². The van der Waals surface area contributed by atoms with E-state index in [2.05, 4.69) is 43.1 Å². The summed E-state index contributed by atoms with van der Waals surface area (Å²) in [6.45, 7) is 13.8. The predicted molar refractivity (Wildman–Crippen MR) is 105 cm³/mol. The molecule has 5 nitrogen and oxygen atoms in total. The summed E-state index contributed by atoms with van der Waals surface area (Å²) < 4.78 is 11.2. The van der Waals surface area contributed by atoms with Crippen LogP contribution in [0.2, 0.25) is 0 Å². The molecule has 0 unspecified atom stereocenters. The lowest BCUT2D eigenvalue weighted by atomic mass is 9.87. The molecule has 1 aromatic rings. The highest BCUT2D eigenvalue weighted by atomic mass is 16.5. The molecule has 0 aromatic heterocycles. The van der Waals surface area contributed by atoms with E-state index in [1.807, 2.05) is 19.1 Å². The second-order valence-corrected chi connectivity index (χ2v) is 7.89. The van der Waals surface area contributed by atoms with Crippen molar-refractivity contribution >= 4 is 5.91 Å². The lowest BCUT2D eigenvalue weighted by molar-refractivity contribution is -0.128. The first kappa shape index (κ1) is 20.7. The molecule has 1 aliphatic heterocycles. The number of benzene rings is 1. The molecule has 1 heterocycles. The van der Waals surface area contributed by atoms with Crippen molar-refractivity contribution in [2.24, 2.45) is 0 Å². The Bertz CT molecular complexity index is 545. The van der Waals surface area contributed by atoms with Gasteiger partial charge in [0.2, 0.25) is 0 Å². The molecule has 1 aromatic carbocycles. The highest BCUT2D eigenvalue weighted by Crippen LogP contribution is 2.24. The molecule has 1 atom stereocenters. The van der Waals surface area contributed by atoms with Gasteiger partial charge in [-0.1, -0.05) is 39.8 Å². The first-order chi connectivity index (χ1) is 12.4. The van der Waals surface area contributed by atoms with E-state index in [1.165, 1.54) is 5.56 Å². The van der Waals surface area contributed by atoms with Gasteiger partial charge in [0.05, 0.1) is 13.2 Å². The minimum Gasteiger partial charge on any atom is -0.481 e. The fourth-order valence-electron chi connectivity index (χ4n) is 2.97. The zero-order valence-corrected chi connectivity index (χ0v) is 16.7. The Morgan fingerprint density at radius 1 is 1.23 bits per heavy atom. The quantitative estimate of drug-likeness (QED) is 0.723. The molecule has 0 bridgehead atoms. The van der Waals surface area contributed by atoms with Crippen LogP contribution in [0, 0.1) is 0 Å². The first-order valence-corrected chi connectivity index (χ1v) is 9.75. The van der Waals surface area contributed by atoms with Crippen molar-refractivity contribution < 1.29 is 14.3 Å². The molecule has 1 amide bonds. The number of ether oxygens (including phenoxy) is 2. The third kappa shape index (κ3) is 6.61. The number of carbonyl (C=O) groups excluding carboxylic acids is 1. The van der Waals surface area contributed by atoms with Crippen LogP contribution in [0.1, 0.15) is 46.1 Å². The van der Waals surface area contributed by atoms with Gasteiger partial charge < -0.3 is 14.8 Å². The monoisotopic (exact) mass is 362 g/mol. The number of nitrogens with zero attached hydrogens (tertiary/aromatic N) is 1. The average molecular weight is 363 g/mol. The van der Waals surface area contributed by atoms with E-state index < -0.39 is 6.10 Å². The van der Waals surface area contributed by atoms with Crippen LogP contribution in [0.4, 0.5) is 0 Å². The zero-order chi connectivity index (χ0) is 19.0. The maximum Gasteiger partial charge on any atom is 0.261 e. The van der Waals surface area contributed by atoms with E-state index in [0.29, 0.717) is 13.0 Å². The first-order valence-electron chi connectivity index (χ1n) is 9.75. The van der Waals surface area contributed by atoms with Crippen molar-refractivity contribution in [2.45, 2.75) is 52.1 Å². The van der Waals surface area contributed by atoms with Crippen molar-refractivity contribution in [3.63, 3.8) is 0 Å². The maximum absolute atomic E-state index is 12.4. The van der Waals surface area contributed by atoms with Gasteiger partial charge in [-0.05, 0) is 42.5 Å². The van der Waals surface area contributed by atoms with Crippen molar-refractivity contribution in [1.82, 2.24) is 10.2 Å². The third-order valence-electron chi connectivity index (χ3n) is 4.72. The van der Waals surface area contributed by atoms with Crippen LogP contribution in [-0.2, 0) is 14.9 Å². The normalized spacial score (nSPS) is 16.9. The summed E-state index contributed by atoms with van der Waals surface area (Å²) in [4.78, 5) is 14.8. The van der Waals surface area contributed by atoms with E-state index in [4.69, 9.17) is 9.47 Å². The van der Waals surface area contributed by atoms with Gasteiger partial charge in [-0.2, -0.15) is 0 Å². The summed E-state index contributed by atoms with van der Waals surface area (Å²) in [5.41, 5.74) is 1.37. The number of morpholine rings is 1. The molecule has 26 heavy (non-hydrogen) atoms. The molecule has 146 valence electrons. The summed E-state index contributed by atoms with van der Waals surface area (Å²) in [5.74, 6) is 0.711. The summed E-state index contributed by atoms with van der Waals surface area (Å²) in [6, 6.07) is 8.05. The molecule has 0 radical (unpaired) electrons. The molecule has 0 aliphatic carbocycles. The molecule has 5 heteroatoms. The number of rotatable bonds is 8. The van der Waals surface area contributed by atoms with Crippen LogP contribution >= 0.6 is 0 Å². The van der Waals surface area contributed by atoms with Gasteiger partial charge in [0.1, 0.15) is 5.75 Å². The third-order valence-corrected chi connectivity index (χ3v) is 4.72. The van der Waals surface area contributed by atoms with Gasteiger partial charge in [0.15, 0.2) is 6.10 Å². The standard InChI is InChI=1S/C21H34N2O3/c1-5-19(26-18-9-7-17(8-10-18)21(2,3)4)20(24)22-11-6-12-23-13-15-25-16-14-23/h7-10,19H,5-6,11-16H2,1-4H3,(H,22,24)/t19-/m1/s1. The van der Waals surface area contributed by atoms with E-state index in [9.17, 15) is 4.79 Å². The van der Waals surface area contributed by atoms with Crippen LogP contribution < -0.4 is 10.1 Å². The number of carbonyl (C=O) groups is 1. The van der Waals surface area contributed by atoms with Crippen LogP contribution in [0.5, 0.6) is 5.75 Å². The van der Waals surface area contributed by atoms with Crippen LogP contribution in [-0.4, -0.2) is 56.3 Å². The van der Waals surface area contributed by atoms with Gasteiger partial charge in [-0.3, -0.25) is 9.69 Å². The minimum atomic E-state index is -0.445. The van der Waals surface area contributed by atoms with Crippen LogP contribution in [0.15, 0.2) is 24.3 Å². The van der Waals surface area contributed by atoms with Gasteiger partial charge in [0, 0.05) is 19.6 Å². The van der Waals surface area contributed by atoms with E-state index in [1.54, 1.807) is 0 Å². The SMILES string of the molecule is CC[C@@H](Oc1ccc(C(C)(C)C)cc1)C(=O)NCCCN1CCOCC1. The lowest BCUT2D eigenvalue weighted by Crippen LogP contribution is -2.41. The molecule has 1 aliphatic rings. The minimum absolute atomic E-state index is 0.0330. The lowest BCUT2D eigenvalue weighted by Gasteiger charge is -2.26. The molecule has 2 rings (SSSR count). The van der Waals surface area contributed by atoms with Crippen molar-refractivity contribution in [1.29, 1.82) is 0 Å². The Morgan fingerprint density at radius 2 is 1.88 bits per heavy atom. The molecular formula is C21H34N2O3. The fourth-order valence-corrected chi connectivity index (χ4v) is 2.97. The Labute approximate surface area is 158 Å². The van der Waals surface area contributed by atoms with Gasteiger partial charge in [0.25, 0.3) is 5.91 Å². The summed E-state index contributed by atoms with van der Waals surface area (Å²) >= 11 is 0. The average Bonchev–Trinajstić information content (AvgIpc) is 2.63. The van der Waals surface area contributed by atoms with E-state index in [-0.39, 0.29) is 11.3 Å². The second-order valence-electron chi connectivity index (χ2n) is 7.89. The van der Waals surface area contributed by atoms with Gasteiger partial charge in [-0.15, -0.1) is 0 Å². The topological polar surface area (TPSA) is 50.8 Å². The van der Waals surface area contributed by atoms with Crippen molar-refractivity contribution in [2.75, 3.05) is 39.4 Å². The number of hydrogen-bond donors (Lipinski definition) is 1. The van der Waals surface area contributed by atoms with E-state index in [0.717, 1.165) is 45.0 Å². The highest BCUT2D eigenvalue weighted by molar-refractivity contribution is 5.81. The Kier molecular flexibility index (Phi) is 7.91. The molecule has 0 spiro atoms. The summed E-state index contributed by atoms with van der Waals surface area (Å²) in [6.07, 6.45) is 1.15. The van der Waals surface area contributed by atoms with Crippen molar-refractivity contribution in [3.05, 3.63) is 29.8 Å². The Balaban J connectivity index is 1.75. The molecular weight excluding hydrogens is 328 g/mol. The largest absolute Gasteiger partial charge is 0.481 e. The smallest absolute Gasteiger partial charge is 0.261 e. The molecule has 1 N–H and O–H groups in total. The predicted octanol–water partition coefficient (Wildman–Crippen LogP) is 2.98. The fraction of sp³-hybridized carbons (Fsp3) is 0.667. The Hall–Kier alpha value is -1.59. The number of hydrogen-bond acceptors (Lipinski definition) is 4. The zero-order valence-electron chi connectivity index (χ0n) is 16.7. The van der Waals surface area contributed by atoms with Crippen LogP contribution in [0.25, 0.3) is 0 Å². The van der Waals surface area contributed by atoms with Gasteiger partial charge in [-0.25, -0.2) is 0 Å². The second kappa shape index (κ2) is 9.93. The maximum atomic E-state index is 12.4. The summed E-state index contributed by atoms with van der Waals surface area (Å²) in [5, 5.41) is 3.01. The number of nitrogens with one attached hydrogen (secondary N) is 1.